The third-order valence-electron chi connectivity index (χ3n) is 2.72. The van der Waals surface area contributed by atoms with Gasteiger partial charge in [0.25, 0.3) is 5.69 Å². The molecule has 0 bridgehead atoms. The average Bonchev–Trinajstić information content (AvgIpc) is 2.85. The van der Waals surface area contributed by atoms with Crippen LogP contribution in [0.3, 0.4) is 0 Å². The molecule has 1 aromatic carbocycles. The Morgan fingerprint density at radius 3 is 2.95 bits per heavy atom. The first-order valence-electron chi connectivity index (χ1n) is 5.74. The smallest absolute Gasteiger partial charge is 0.288 e. The van der Waals surface area contributed by atoms with Crippen molar-refractivity contribution in [1.82, 2.24) is 9.97 Å². The number of nitrogens with zero attached hydrogens (tertiary/aromatic N) is 2. The van der Waals surface area contributed by atoms with Crippen molar-refractivity contribution in [2.75, 3.05) is 11.9 Å². The molecule has 0 spiro atoms. The number of aromatic amines is 1. The normalized spacial score (nSPS) is 10.4. The lowest BCUT2D eigenvalue weighted by molar-refractivity contribution is -0.384. The number of rotatable bonds is 5. The number of anilines is 1. The number of benzene rings is 1. The molecule has 0 amide bonds. The minimum absolute atomic E-state index is 0.0734. The first kappa shape index (κ1) is 13.4. The highest BCUT2D eigenvalue weighted by Crippen LogP contribution is 2.30. The molecule has 2 aromatic rings. The van der Waals surface area contributed by atoms with Gasteiger partial charge in [-0.2, -0.15) is 0 Å². The summed E-state index contributed by atoms with van der Waals surface area (Å²) in [5.74, 6) is 0.887. The molecule has 1 heterocycles. The lowest BCUT2D eigenvalue weighted by Gasteiger charge is -2.09. The second-order valence-corrected chi connectivity index (χ2v) is 4.50. The van der Waals surface area contributed by atoms with Crippen LogP contribution in [-0.4, -0.2) is 21.4 Å². The van der Waals surface area contributed by atoms with Gasteiger partial charge in [0.2, 0.25) is 0 Å². The Morgan fingerprint density at radius 1 is 1.53 bits per heavy atom. The maximum absolute atomic E-state index is 10.7. The van der Waals surface area contributed by atoms with E-state index in [0.717, 1.165) is 23.5 Å². The second kappa shape index (κ2) is 5.71. The van der Waals surface area contributed by atoms with E-state index in [1.165, 1.54) is 6.07 Å². The first-order chi connectivity index (χ1) is 9.08. The number of imidazole rings is 1. The lowest BCUT2D eigenvalue weighted by atomic mass is 10.1. The summed E-state index contributed by atoms with van der Waals surface area (Å²) in [6.07, 6.45) is 4.20. The number of aryl methyl sites for hydroxylation is 1. The highest BCUT2D eigenvalue weighted by molar-refractivity contribution is 6.33. The van der Waals surface area contributed by atoms with Crippen LogP contribution in [0.25, 0.3) is 0 Å². The van der Waals surface area contributed by atoms with Gasteiger partial charge in [0, 0.05) is 37.1 Å². The minimum atomic E-state index is -0.484. The zero-order valence-corrected chi connectivity index (χ0v) is 11.1. The number of nitro groups is 1. The summed E-state index contributed by atoms with van der Waals surface area (Å²) < 4.78 is 0. The molecule has 0 aliphatic rings. The van der Waals surface area contributed by atoms with E-state index in [2.05, 4.69) is 15.3 Å². The first-order valence-corrected chi connectivity index (χ1v) is 6.12. The van der Waals surface area contributed by atoms with Gasteiger partial charge in [-0.05, 0) is 18.6 Å². The summed E-state index contributed by atoms with van der Waals surface area (Å²) >= 11 is 5.87. The van der Waals surface area contributed by atoms with E-state index in [9.17, 15) is 10.1 Å². The molecular formula is C12H13ClN4O2. The molecule has 2 rings (SSSR count). The number of halogens is 1. The molecular weight excluding hydrogens is 268 g/mol. The molecule has 0 aliphatic carbocycles. The Labute approximate surface area is 115 Å². The van der Waals surface area contributed by atoms with Crippen LogP contribution in [-0.2, 0) is 6.42 Å². The molecule has 19 heavy (non-hydrogen) atoms. The number of H-pyrrole nitrogens is 1. The lowest BCUT2D eigenvalue weighted by Crippen LogP contribution is -2.07. The molecule has 6 nitrogen and oxygen atoms in total. The van der Waals surface area contributed by atoms with Gasteiger partial charge >= 0.3 is 0 Å². The summed E-state index contributed by atoms with van der Waals surface area (Å²) in [5.41, 5.74) is 1.51. The Balaban J connectivity index is 2.04. The Kier molecular flexibility index (Phi) is 4.01. The highest BCUT2D eigenvalue weighted by atomic mass is 35.5. The van der Waals surface area contributed by atoms with Gasteiger partial charge in [0.15, 0.2) is 0 Å². The molecule has 0 atom stereocenters. The Hall–Kier alpha value is -2.08. The molecule has 100 valence electrons. The molecule has 2 N–H and O–H groups in total. The number of hydrogen-bond acceptors (Lipinski definition) is 4. The van der Waals surface area contributed by atoms with Gasteiger partial charge in [0.1, 0.15) is 10.8 Å². The van der Waals surface area contributed by atoms with Crippen LogP contribution in [0.15, 0.2) is 24.5 Å². The van der Waals surface area contributed by atoms with Crippen molar-refractivity contribution >= 4 is 23.0 Å². The summed E-state index contributed by atoms with van der Waals surface area (Å²) in [4.78, 5) is 17.4. The van der Waals surface area contributed by atoms with Gasteiger partial charge in [-0.3, -0.25) is 10.1 Å². The monoisotopic (exact) mass is 280 g/mol. The molecule has 0 saturated carbocycles. The quantitative estimate of drug-likeness (QED) is 0.651. The van der Waals surface area contributed by atoms with E-state index in [-0.39, 0.29) is 10.7 Å². The molecule has 1 aromatic heterocycles. The van der Waals surface area contributed by atoms with E-state index >= 15 is 0 Å². The van der Waals surface area contributed by atoms with Crippen molar-refractivity contribution in [2.24, 2.45) is 0 Å². The number of aromatic nitrogens is 2. The van der Waals surface area contributed by atoms with Crippen LogP contribution >= 0.6 is 11.6 Å². The van der Waals surface area contributed by atoms with Gasteiger partial charge in [-0.1, -0.05) is 11.6 Å². The van der Waals surface area contributed by atoms with Crippen molar-refractivity contribution in [3.8, 4) is 0 Å². The Morgan fingerprint density at radius 2 is 2.32 bits per heavy atom. The van der Waals surface area contributed by atoms with E-state index in [4.69, 9.17) is 11.6 Å². The van der Waals surface area contributed by atoms with E-state index in [0.29, 0.717) is 6.54 Å². The van der Waals surface area contributed by atoms with Crippen LogP contribution in [0.5, 0.6) is 0 Å². The molecule has 0 saturated heterocycles. The van der Waals surface area contributed by atoms with Crippen molar-refractivity contribution in [1.29, 1.82) is 0 Å². The van der Waals surface area contributed by atoms with Crippen molar-refractivity contribution in [3.05, 3.63) is 51.1 Å². The Bertz CT molecular complexity index is 584. The maximum Gasteiger partial charge on any atom is 0.288 e. The van der Waals surface area contributed by atoms with E-state index in [1.54, 1.807) is 25.4 Å². The summed E-state index contributed by atoms with van der Waals surface area (Å²) in [7, 11) is 0. The van der Waals surface area contributed by atoms with Crippen LogP contribution in [0.2, 0.25) is 5.02 Å². The van der Waals surface area contributed by atoms with Gasteiger partial charge in [-0.25, -0.2) is 4.98 Å². The number of hydrogen-bond donors (Lipinski definition) is 2. The summed E-state index contributed by atoms with van der Waals surface area (Å²) in [6, 6.07) is 3.05. The van der Waals surface area contributed by atoms with Crippen molar-refractivity contribution < 1.29 is 4.92 Å². The zero-order valence-electron chi connectivity index (χ0n) is 10.3. The van der Waals surface area contributed by atoms with Crippen LogP contribution in [0.4, 0.5) is 11.4 Å². The maximum atomic E-state index is 10.7. The predicted octanol–water partition coefficient (Wildman–Crippen LogP) is 2.93. The zero-order chi connectivity index (χ0) is 13.8. The van der Waals surface area contributed by atoms with Gasteiger partial charge in [-0.15, -0.1) is 0 Å². The predicted molar refractivity (Wildman–Crippen MR) is 73.6 cm³/mol. The van der Waals surface area contributed by atoms with Crippen LogP contribution < -0.4 is 5.32 Å². The average molecular weight is 281 g/mol. The van der Waals surface area contributed by atoms with Gasteiger partial charge < -0.3 is 10.3 Å². The molecule has 0 aliphatic heterocycles. The van der Waals surface area contributed by atoms with E-state index in [1.807, 2.05) is 0 Å². The minimum Gasteiger partial charge on any atom is -0.384 e. The second-order valence-electron chi connectivity index (χ2n) is 4.09. The fourth-order valence-corrected chi connectivity index (χ4v) is 1.98. The molecule has 0 unspecified atom stereocenters. The molecule has 7 heteroatoms. The summed E-state index contributed by atoms with van der Waals surface area (Å²) in [6.45, 7) is 2.47. The van der Waals surface area contributed by atoms with Crippen molar-refractivity contribution in [2.45, 2.75) is 13.3 Å². The standard InChI is InChI=1S/C12H13ClN4O2/c1-8-6-11(17(18)19)9(13)7-10(8)14-3-2-12-15-4-5-16-12/h4-7,14H,2-3H2,1H3,(H,15,16). The number of nitrogens with one attached hydrogen (secondary N) is 2. The third-order valence-corrected chi connectivity index (χ3v) is 3.03. The van der Waals surface area contributed by atoms with Crippen LogP contribution in [0, 0.1) is 17.0 Å². The number of nitro benzene ring substituents is 1. The topological polar surface area (TPSA) is 83.8 Å². The SMILES string of the molecule is Cc1cc([N+](=O)[O-])c(Cl)cc1NCCc1ncc[nH]1. The fourth-order valence-electron chi connectivity index (χ4n) is 1.75. The van der Waals surface area contributed by atoms with Crippen molar-refractivity contribution in [3.63, 3.8) is 0 Å². The fraction of sp³-hybridized carbons (Fsp3) is 0.250. The molecule has 0 radical (unpaired) electrons. The largest absolute Gasteiger partial charge is 0.384 e. The van der Waals surface area contributed by atoms with Gasteiger partial charge in [0.05, 0.1) is 4.92 Å². The van der Waals surface area contributed by atoms with Crippen LogP contribution in [0.1, 0.15) is 11.4 Å². The third kappa shape index (κ3) is 3.23. The highest BCUT2D eigenvalue weighted by Gasteiger charge is 2.14. The molecule has 0 fully saturated rings. The van der Waals surface area contributed by atoms with E-state index < -0.39 is 4.92 Å². The summed E-state index contributed by atoms with van der Waals surface area (Å²) in [5, 5.41) is 14.1.